The average Bonchev–Trinajstić information content (AvgIpc) is 2.19. The first kappa shape index (κ1) is 10.5. The molecule has 3 nitrogen and oxygen atoms in total. The molecule has 3 heteroatoms. The first-order valence-corrected chi connectivity index (χ1v) is 5.82. The third-order valence-electron chi connectivity index (χ3n) is 3.83. The van der Waals surface area contributed by atoms with Crippen molar-refractivity contribution in [3.05, 3.63) is 11.8 Å². The molecule has 0 radical (unpaired) electrons. The van der Waals surface area contributed by atoms with Gasteiger partial charge in [-0.1, -0.05) is 20.3 Å². The lowest BCUT2D eigenvalue weighted by atomic mass is 9.70. The van der Waals surface area contributed by atoms with Gasteiger partial charge >= 0.3 is 6.03 Å². The number of carbonyl (C=O) groups excluding carboxylic acids is 1. The number of hydrogen-bond donors (Lipinski definition) is 1. The molecule has 15 heavy (non-hydrogen) atoms. The first-order chi connectivity index (χ1) is 7.06. The normalized spacial score (nSPS) is 31.1. The Labute approximate surface area is 91.5 Å². The van der Waals surface area contributed by atoms with Gasteiger partial charge in [-0.05, 0) is 30.8 Å². The van der Waals surface area contributed by atoms with Crippen LogP contribution < -0.4 is 5.32 Å². The summed E-state index contributed by atoms with van der Waals surface area (Å²) in [6.07, 6.45) is 6.74. The van der Waals surface area contributed by atoms with Crippen LogP contribution in [0, 0.1) is 5.92 Å². The number of nitrogens with zero attached hydrogens (tertiary/aromatic N) is 1. The van der Waals surface area contributed by atoms with Gasteiger partial charge in [0.25, 0.3) is 0 Å². The van der Waals surface area contributed by atoms with Crippen LogP contribution >= 0.6 is 0 Å². The highest BCUT2D eigenvalue weighted by molar-refractivity contribution is 5.78. The van der Waals surface area contributed by atoms with E-state index in [0.29, 0.717) is 5.92 Å². The molecule has 1 unspecified atom stereocenters. The average molecular weight is 208 g/mol. The Kier molecular flexibility index (Phi) is 2.49. The van der Waals surface area contributed by atoms with E-state index >= 15 is 0 Å². The fourth-order valence-corrected chi connectivity index (χ4v) is 2.80. The molecule has 0 aromatic carbocycles. The summed E-state index contributed by atoms with van der Waals surface area (Å²) in [6, 6.07) is 0.0364. The number of amides is 2. The molecule has 1 saturated carbocycles. The van der Waals surface area contributed by atoms with Gasteiger partial charge in [-0.2, -0.15) is 0 Å². The van der Waals surface area contributed by atoms with Gasteiger partial charge in [0.1, 0.15) is 0 Å². The van der Waals surface area contributed by atoms with E-state index in [2.05, 4.69) is 19.2 Å². The number of hydrogen-bond acceptors (Lipinski definition) is 1. The van der Waals surface area contributed by atoms with E-state index < -0.39 is 0 Å². The van der Waals surface area contributed by atoms with Gasteiger partial charge in [-0.3, -0.25) is 0 Å². The van der Waals surface area contributed by atoms with E-state index in [1.54, 1.807) is 4.90 Å². The molecule has 1 aliphatic heterocycles. The van der Waals surface area contributed by atoms with E-state index in [1.165, 1.54) is 18.4 Å². The molecule has 84 valence electrons. The number of fused-ring (bicyclic) bond motifs is 1. The molecule has 0 saturated heterocycles. The third-order valence-corrected chi connectivity index (χ3v) is 3.83. The van der Waals surface area contributed by atoms with Crippen LogP contribution in [0.25, 0.3) is 0 Å². The summed E-state index contributed by atoms with van der Waals surface area (Å²) in [5.41, 5.74) is 1.35. The molecule has 0 bridgehead atoms. The standard InChI is InChI=1S/C12H20N2O/c1-9(2)12-7-5-4-6-10(12)8-14(3)11(15)13-12/h8-9H,4-7H2,1-3H3,(H,13,15). The number of carbonyl (C=O) groups is 1. The zero-order chi connectivity index (χ0) is 11.1. The fourth-order valence-electron chi connectivity index (χ4n) is 2.80. The Hall–Kier alpha value is -0.990. The van der Waals surface area contributed by atoms with E-state index in [-0.39, 0.29) is 11.6 Å². The maximum absolute atomic E-state index is 11.7. The lowest BCUT2D eigenvalue weighted by molar-refractivity contribution is 0.172. The van der Waals surface area contributed by atoms with Crippen LogP contribution in [0.3, 0.4) is 0 Å². The number of nitrogens with one attached hydrogen (secondary N) is 1. The predicted molar refractivity (Wildman–Crippen MR) is 60.4 cm³/mol. The van der Waals surface area contributed by atoms with Gasteiger partial charge in [0.15, 0.2) is 0 Å². The van der Waals surface area contributed by atoms with Crippen LogP contribution in [0.15, 0.2) is 11.8 Å². The minimum atomic E-state index is -0.0537. The van der Waals surface area contributed by atoms with Crippen LogP contribution in [-0.2, 0) is 0 Å². The first-order valence-electron chi connectivity index (χ1n) is 5.82. The van der Waals surface area contributed by atoms with Crippen molar-refractivity contribution in [2.75, 3.05) is 7.05 Å². The molecule has 0 aromatic rings. The molecular formula is C12H20N2O. The van der Waals surface area contributed by atoms with Crippen molar-refractivity contribution in [3.63, 3.8) is 0 Å². The zero-order valence-electron chi connectivity index (χ0n) is 9.84. The smallest absolute Gasteiger partial charge is 0.321 e. The second kappa shape index (κ2) is 3.54. The van der Waals surface area contributed by atoms with E-state index in [9.17, 15) is 4.79 Å². The summed E-state index contributed by atoms with van der Waals surface area (Å²) < 4.78 is 0. The summed E-state index contributed by atoms with van der Waals surface area (Å²) in [5, 5.41) is 3.20. The molecular weight excluding hydrogens is 188 g/mol. The summed E-state index contributed by atoms with van der Waals surface area (Å²) >= 11 is 0. The molecule has 2 rings (SSSR count). The van der Waals surface area contributed by atoms with Crippen molar-refractivity contribution in [1.29, 1.82) is 0 Å². The zero-order valence-corrected chi connectivity index (χ0v) is 9.84. The Morgan fingerprint density at radius 2 is 2.20 bits per heavy atom. The summed E-state index contributed by atoms with van der Waals surface area (Å²) in [6.45, 7) is 4.40. The minimum absolute atomic E-state index is 0.0364. The van der Waals surface area contributed by atoms with Crippen molar-refractivity contribution < 1.29 is 4.79 Å². The molecule has 2 amide bonds. The minimum Gasteiger partial charge on any atom is -0.328 e. The maximum atomic E-state index is 11.7. The topological polar surface area (TPSA) is 32.3 Å². The highest BCUT2D eigenvalue weighted by Gasteiger charge is 2.43. The van der Waals surface area contributed by atoms with Gasteiger partial charge in [-0.25, -0.2) is 4.79 Å². The number of rotatable bonds is 1. The van der Waals surface area contributed by atoms with Gasteiger partial charge in [-0.15, -0.1) is 0 Å². The lowest BCUT2D eigenvalue weighted by Gasteiger charge is -2.47. The largest absolute Gasteiger partial charge is 0.328 e. The van der Waals surface area contributed by atoms with Gasteiger partial charge in [0.05, 0.1) is 5.54 Å². The van der Waals surface area contributed by atoms with Gasteiger partial charge in [0, 0.05) is 13.2 Å². The van der Waals surface area contributed by atoms with Crippen LogP contribution in [0.4, 0.5) is 4.79 Å². The van der Waals surface area contributed by atoms with Gasteiger partial charge in [0.2, 0.25) is 0 Å². The highest BCUT2D eigenvalue weighted by atomic mass is 16.2. The van der Waals surface area contributed by atoms with Crippen molar-refractivity contribution in [1.82, 2.24) is 10.2 Å². The molecule has 1 atom stereocenters. The molecule has 0 spiro atoms. The Bertz CT molecular complexity index is 309. The summed E-state index contributed by atoms with van der Waals surface area (Å²) in [5.74, 6) is 0.474. The molecule has 0 aromatic heterocycles. The molecule has 2 aliphatic rings. The molecule has 1 heterocycles. The summed E-state index contributed by atoms with van der Waals surface area (Å²) in [4.78, 5) is 13.4. The van der Waals surface area contributed by atoms with Gasteiger partial charge < -0.3 is 10.2 Å². The number of urea groups is 1. The Balaban J connectivity index is 2.39. The Morgan fingerprint density at radius 3 is 2.87 bits per heavy atom. The quantitative estimate of drug-likeness (QED) is 0.705. The van der Waals surface area contributed by atoms with Crippen molar-refractivity contribution in [2.45, 2.75) is 45.1 Å². The second-order valence-electron chi connectivity index (χ2n) is 5.03. The van der Waals surface area contributed by atoms with Crippen LogP contribution in [0.2, 0.25) is 0 Å². The molecule has 1 aliphatic carbocycles. The predicted octanol–water partition coefficient (Wildman–Crippen LogP) is 2.49. The van der Waals surface area contributed by atoms with E-state index in [0.717, 1.165) is 12.8 Å². The SMILES string of the molecule is CC(C)C12CCCCC1=CN(C)C(=O)N2. The summed E-state index contributed by atoms with van der Waals surface area (Å²) in [7, 11) is 1.82. The van der Waals surface area contributed by atoms with Crippen molar-refractivity contribution in [3.8, 4) is 0 Å². The van der Waals surface area contributed by atoms with Crippen LogP contribution in [0.1, 0.15) is 39.5 Å². The Morgan fingerprint density at radius 1 is 1.47 bits per heavy atom. The van der Waals surface area contributed by atoms with Crippen LogP contribution in [0.5, 0.6) is 0 Å². The second-order valence-corrected chi connectivity index (χ2v) is 5.03. The highest BCUT2D eigenvalue weighted by Crippen LogP contribution is 2.40. The lowest BCUT2D eigenvalue weighted by Crippen LogP contribution is -2.60. The van der Waals surface area contributed by atoms with Crippen LogP contribution in [-0.4, -0.2) is 23.5 Å². The third kappa shape index (κ3) is 1.54. The van der Waals surface area contributed by atoms with E-state index in [4.69, 9.17) is 0 Å². The molecule has 1 N–H and O–H groups in total. The van der Waals surface area contributed by atoms with Crippen molar-refractivity contribution >= 4 is 6.03 Å². The molecule has 1 fully saturated rings. The monoisotopic (exact) mass is 208 g/mol. The van der Waals surface area contributed by atoms with Crippen molar-refractivity contribution in [2.24, 2.45) is 5.92 Å². The van der Waals surface area contributed by atoms with E-state index in [1.807, 2.05) is 13.2 Å². The fraction of sp³-hybridized carbons (Fsp3) is 0.750. The maximum Gasteiger partial charge on any atom is 0.321 e.